The third-order valence-corrected chi connectivity index (χ3v) is 16.4. The molecular formula is C78H102N4. The molecule has 0 heterocycles. The van der Waals surface area contributed by atoms with Crippen LogP contribution in [0.4, 0.5) is 22.7 Å². The van der Waals surface area contributed by atoms with E-state index < -0.39 is 0 Å². The van der Waals surface area contributed by atoms with Crippen LogP contribution in [0.2, 0.25) is 0 Å². The van der Waals surface area contributed by atoms with Gasteiger partial charge in [0.05, 0.1) is 0 Å². The average Bonchev–Trinajstić information content (AvgIpc) is 3.65. The Morgan fingerprint density at radius 2 is 0.415 bits per heavy atom. The summed E-state index contributed by atoms with van der Waals surface area (Å²) in [5, 5.41) is 4.99. The van der Waals surface area contributed by atoms with Gasteiger partial charge in [0.15, 0.2) is 0 Å². The fraction of sp³-hybridized carbons (Fsp3) is 0.410. The van der Waals surface area contributed by atoms with Crippen molar-refractivity contribution in [1.82, 2.24) is 0 Å². The van der Waals surface area contributed by atoms with Crippen LogP contribution in [0.1, 0.15) is 203 Å². The first kappa shape index (κ1) is 62.8. The molecule has 4 nitrogen and oxygen atoms in total. The lowest BCUT2D eigenvalue weighted by molar-refractivity contribution is 0.678. The molecule has 0 fully saturated rings. The van der Waals surface area contributed by atoms with Crippen LogP contribution in [0.3, 0.4) is 0 Å². The molecule has 0 saturated heterocycles. The maximum atomic E-state index is 2.58. The van der Waals surface area contributed by atoms with Crippen LogP contribution in [-0.2, 0) is 0 Å². The summed E-state index contributed by atoms with van der Waals surface area (Å²) in [4.78, 5) is 10.3. The molecule has 82 heavy (non-hydrogen) atoms. The van der Waals surface area contributed by atoms with Gasteiger partial charge in [-0.25, -0.2) is 0 Å². The van der Waals surface area contributed by atoms with Gasteiger partial charge in [-0.2, -0.15) is 0 Å². The molecule has 0 bridgehead atoms. The number of rotatable bonds is 36. The summed E-state index contributed by atoms with van der Waals surface area (Å²) in [6, 6.07) is 51.3. The van der Waals surface area contributed by atoms with Gasteiger partial charge < -0.3 is 19.6 Å². The van der Waals surface area contributed by atoms with Crippen molar-refractivity contribution in [2.45, 2.75) is 158 Å². The molecular weight excluding hydrogens is 993 g/mol. The predicted octanol–water partition coefficient (Wildman–Crippen LogP) is 22.3. The minimum absolute atomic E-state index is 1.10. The summed E-state index contributed by atoms with van der Waals surface area (Å²) >= 11 is 0. The molecule has 0 N–H and O–H groups in total. The number of anilines is 4. The first-order valence-corrected chi connectivity index (χ1v) is 32.5. The number of benzene rings is 7. The Bertz CT molecular complexity index is 2820. The lowest BCUT2D eigenvalue weighted by Crippen LogP contribution is -2.25. The van der Waals surface area contributed by atoms with Gasteiger partial charge in [0.25, 0.3) is 0 Å². The fourth-order valence-electron chi connectivity index (χ4n) is 11.1. The second-order valence-corrected chi connectivity index (χ2v) is 22.9. The van der Waals surface area contributed by atoms with E-state index in [4.69, 9.17) is 0 Å². The Hall–Kier alpha value is -6.78. The lowest BCUT2D eigenvalue weighted by atomic mass is 9.88. The number of fused-ring (bicyclic) bond motifs is 2. The van der Waals surface area contributed by atoms with Crippen LogP contribution >= 0.6 is 0 Å². The van der Waals surface area contributed by atoms with Gasteiger partial charge in [-0.05, 0) is 178 Å². The van der Waals surface area contributed by atoms with Crippen molar-refractivity contribution < 1.29 is 0 Å². The molecule has 0 aliphatic heterocycles. The Labute approximate surface area is 498 Å². The molecule has 0 aliphatic rings. The molecule has 434 valence electrons. The number of hydrogen-bond acceptors (Lipinski definition) is 4. The third kappa shape index (κ3) is 18.6. The van der Waals surface area contributed by atoms with Gasteiger partial charge in [-0.15, -0.1) is 0 Å². The molecule has 0 aromatic heterocycles. The van der Waals surface area contributed by atoms with E-state index >= 15 is 0 Å². The summed E-state index contributed by atoms with van der Waals surface area (Å²) in [5.74, 6) is 0. The quantitative estimate of drug-likeness (QED) is 0.0287. The maximum Gasteiger partial charge on any atom is 0.0366 e. The van der Waals surface area contributed by atoms with E-state index in [9.17, 15) is 0 Å². The predicted molar refractivity (Wildman–Crippen MR) is 371 cm³/mol. The fourth-order valence-corrected chi connectivity index (χ4v) is 11.1. The van der Waals surface area contributed by atoms with Gasteiger partial charge in [-0.1, -0.05) is 228 Å². The van der Waals surface area contributed by atoms with Gasteiger partial charge in [0.1, 0.15) is 0 Å². The first-order chi connectivity index (χ1) is 40.3. The van der Waals surface area contributed by atoms with E-state index in [1.54, 1.807) is 0 Å². The van der Waals surface area contributed by atoms with Crippen LogP contribution in [0, 0.1) is 0 Å². The van der Waals surface area contributed by atoms with Crippen LogP contribution in [0.15, 0.2) is 133 Å². The zero-order valence-electron chi connectivity index (χ0n) is 52.1. The summed E-state index contributed by atoms with van der Waals surface area (Å²) < 4.78 is 0. The molecule has 7 rings (SSSR count). The lowest BCUT2D eigenvalue weighted by Gasteiger charge is -2.24. The van der Waals surface area contributed by atoms with Gasteiger partial charge >= 0.3 is 0 Å². The molecule has 0 spiro atoms. The Morgan fingerprint density at radius 1 is 0.220 bits per heavy atom. The topological polar surface area (TPSA) is 13.0 Å². The minimum Gasteiger partial charge on any atom is -0.372 e. The van der Waals surface area contributed by atoms with E-state index in [0.29, 0.717) is 0 Å². The highest BCUT2D eigenvalue weighted by Crippen LogP contribution is 2.38. The zero-order valence-corrected chi connectivity index (χ0v) is 52.1. The van der Waals surface area contributed by atoms with E-state index in [1.807, 2.05) is 0 Å². The monoisotopic (exact) mass is 1090 g/mol. The summed E-state index contributed by atoms with van der Waals surface area (Å²) in [6.45, 7) is 27.2. The molecule has 0 radical (unpaired) electrons. The van der Waals surface area contributed by atoms with Gasteiger partial charge in [0.2, 0.25) is 0 Å². The Kier molecular flexibility index (Phi) is 26.5. The summed E-state index contributed by atoms with van der Waals surface area (Å²) in [7, 11) is 0. The largest absolute Gasteiger partial charge is 0.372 e. The van der Waals surface area contributed by atoms with Gasteiger partial charge in [-0.3, -0.25) is 0 Å². The molecule has 0 aliphatic carbocycles. The second-order valence-electron chi connectivity index (χ2n) is 22.9. The molecule has 0 saturated carbocycles. The highest BCUT2D eigenvalue weighted by atomic mass is 15.1. The minimum atomic E-state index is 1.10. The van der Waals surface area contributed by atoms with Crippen molar-refractivity contribution in [3.63, 3.8) is 0 Å². The highest BCUT2D eigenvalue weighted by Gasteiger charge is 2.15. The molecule has 4 heteroatoms. The van der Waals surface area contributed by atoms with E-state index in [1.165, 1.54) is 192 Å². The molecule has 0 unspecified atom stereocenters. The normalized spacial score (nSPS) is 11.9. The van der Waals surface area contributed by atoms with Crippen molar-refractivity contribution in [3.8, 4) is 0 Å². The zero-order chi connectivity index (χ0) is 57.7. The Balaban J connectivity index is 1.34. The number of unbranched alkanes of at least 4 members (excludes halogenated alkanes) is 8. The molecule has 7 aromatic carbocycles. The van der Waals surface area contributed by atoms with Crippen molar-refractivity contribution in [3.05, 3.63) is 178 Å². The van der Waals surface area contributed by atoms with E-state index in [0.717, 1.165) is 52.4 Å². The van der Waals surface area contributed by atoms with Gasteiger partial charge in [0, 0.05) is 75.1 Å². The molecule has 7 aromatic rings. The van der Waals surface area contributed by atoms with Crippen molar-refractivity contribution >= 4 is 92.9 Å². The SMILES string of the molecule is CCCCN(CCCC)c1ccc(/C=C/c2ccc3c(/C=C/c4ccc(N(CCCC)CCCC)cc4)c4cc(/C=C/c5ccc(N(CCCC)CCCC)cc5)ccc4c(/C=C/c4ccc(N(CCCC)CCCC)cc4)c3c2)cc1. The standard InChI is InChI=1S/C78H102N4/c1-9-17-53-79(54-18-10-2)69-41-29-63(30-42-69)25-27-67-39-51-75-74(50-38-66-35-47-72(48-36-66)82(59-23-15-7)60-24-16-8)78-62-68(28-26-64-31-43-70(44-32-64)80(55-19-11-3)56-20-12-4)40-52-76(78)73(77(75)61-67)49-37-65-33-45-71(46-34-65)81(57-21-13-5)58-22-14-6/h25-52,61-62H,9-24,53-60H2,1-8H3/b27-25+,28-26+,49-37+,50-38+. The molecule has 0 atom stereocenters. The number of nitrogens with zero attached hydrogens (tertiary/aromatic N) is 4. The third-order valence-electron chi connectivity index (χ3n) is 16.4. The maximum absolute atomic E-state index is 2.58. The molecule has 0 amide bonds. The van der Waals surface area contributed by atoms with Crippen molar-refractivity contribution in [2.24, 2.45) is 0 Å². The van der Waals surface area contributed by atoms with Crippen molar-refractivity contribution in [2.75, 3.05) is 72.0 Å². The smallest absolute Gasteiger partial charge is 0.0366 e. The van der Waals surface area contributed by atoms with Crippen molar-refractivity contribution in [1.29, 1.82) is 0 Å². The first-order valence-electron chi connectivity index (χ1n) is 32.5. The van der Waals surface area contributed by atoms with E-state index in [-0.39, 0.29) is 0 Å². The summed E-state index contributed by atoms with van der Waals surface area (Å²) in [5.41, 5.74) is 15.0. The van der Waals surface area contributed by atoms with E-state index in [2.05, 4.69) is 257 Å². The summed E-state index contributed by atoms with van der Waals surface area (Å²) in [6.07, 6.45) is 38.0. The average molecular weight is 1100 g/mol. The highest BCUT2D eigenvalue weighted by molar-refractivity contribution is 6.15. The van der Waals surface area contributed by atoms with Crippen LogP contribution in [0.25, 0.3) is 70.2 Å². The number of hydrogen-bond donors (Lipinski definition) is 0. The second kappa shape index (κ2) is 34.6. The van der Waals surface area contributed by atoms with Crippen LogP contribution in [-0.4, -0.2) is 52.4 Å². The van der Waals surface area contributed by atoms with Crippen LogP contribution in [0.5, 0.6) is 0 Å². The van der Waals surface area contributed by atoms with Crippen LogP contribution < -0.4 is 19.6 Å². The Morgan fingerprint density at radius 3 is 0.634 bits per heavy atom.